The van der Waals surface area contributed by atoms with Crippen LogP contribution in [0.2, 0.25) is 0 Å². The van der Waals surface area contributed by atoms with Crippen LogP contribution < -0.4 is 4.74 Å². The molecule has 2 heterocycles. The smallest absolute Gasteiger partial charge is 0.253 e. The molecule has 5 nitrogen and oxygen atoms in total. The fourth-order valence-corrected chi connectivity index (χ4v) is 5.10. The monoisotopic (exact) mass is 420 g/mol. The van der Waals surface area contributed by atoms with Gasteiger partial charge in [-0.25, -0.2) is 0 Å². The second kappa shape index (κ2) is 9.54. The van der Waals surface area contributed by atoms with E-state index in [1.807, 2.05) is 71.3 Å². The van der Waals surface area contributed by atoms with Crippen LogP contribution in [-0.4, -0.2) is 54.4 Å². The number of para-hydroxylation sites is 1. The summed E-state index contributed by atoms with van der Waals surface area (Å²) in [6.07, 6.45) is 2.00. The average Bonchev–Trinajstić information content (AvgIpc) is 3.22. The van der Waals surface area contributed by atoms with E-state index < -0.39 is 0 Å². The molecule has 0 spiro atoms. The molecule has 0 N–H and O–H groups in total. The number of rotatable bonds is 5. The first-order chi connectivity index (χ1) is 15.0. The minimum Gasteiger partial charge on any atom is -0.493 e. The zero-order chi connectivity index (χ0) is 21.8. The fraction of sp³-hybridized carbons (Fsp3) is 0.462. The molecule has 2 aromatic carbocycles. The first kappa shape index (κ1) is 21.4. The Kier molecular flexibility index (Phi) is 6.59. The van der Waals surface area contributed by atoms with Gasteiger partial charge in [-0.3, -0.25) is 9.59 Å². The highest BCUT2D eigenvalue weighted by Crippen LogP contribution is 2.37. The maximum atomic E-state index is 13.2. The lowest BCUT2D eigenvalue weighted by Crippen LogP contribution is -2.40. The molecule has 2 saturated heterocycles. The van der Waals surface area contributed by atoms with Crippen molar-refractivity contribution in [1.29, 1.82) is 0 Å². The van der Waals surface area contributed by atoms with Gasteiger partial charge in [-0.2, -0.15) is 0 Å². The molecule has 2 aliphatic heterocycles. The molecule has 2 amide bonds. The molecule has 2 unspecified atom stereocenters. The normalized spacial score (nSPS) is 21.9. The molecule has 2 aliphatic rings. The highest BCUT2D eigenvalue weighted by atomic mass is 16.5. The van der Waals surface area contributed by atoms with Crippen LogP contribution in [-0.2, 0) is 4.79 Å². The third-order valence-electron chi connectivity index (χ3n) is 6.84. The van der Waals surface area contributed by atoms with Crippen LogP contribution in [0.1, 0.15) is 35.7 Å². The number of ether oxygens (including phenoxy) is 1. The zero-order valence-corrected chi connectivity index (χ0v) is 18.5. The van der Waals surface area contributed by atoms with Gasteiger partial charge in [0.1, 0.15) is 5.75 Å². The second-order valence-corrected chi connectivity index (χ2v) is 8.97. The summed E-state index contributed by atoms with van der Waals surface area (Å²) >= 11 is 0. The van der Waals surface area contributed by atoms with Gasteiger partial charge in [0.15, 0.2) is 0 Å². The standard InChI is InChI=1S/C26H32N2O3/c1-19-7-6-8-22(15-19)26(30)28-16-23(18-31-24-9-4-3-5-10-24)25(17-28)21-11-13-27(14-12-21)20(2)29/h3-10,15,21,23,25H,11-14,16-18H2,1-2H3. The molecule has 0 aromatic heterocycles. The Balaban J connectivity index is 1.47. The predicted octanol–water partition coefficient (Wildman–Crippen LogP) is 4.02. The molecule has 0 aliphatic carbocycles. The van der Waals surface area contributed by atoms with Gasteiger partial charge in [0.2, 0.25) is 5.91 Å². The number of likely N-dealkylation sites (tertiary alicyclic amines) is 2. The summed E-state index contributed by atoms with van der Waals surface area (Å²) in [7, 11) is 0. The number of hydrogen-bond donors (Lipinski definition) is 0. The Morgan fingerprint density at radius 1 is 0.968 bits per heavy atom. The van der Waals surface area contributed by atoms with Gasteiger partial charge < -0.3 is 14.5 Å². The average molecular weight is 421 g/mol. The van der Waals surface area contributed by atoms with Crippen molar-refractivity contribution in [2.24, 2.45) is 17.8 Å². The second-order valence-electron chi connectivity index (χ2n) is 8.97. The summed E-state index contributed by atoms with van der Waals surface area (Å²) in [6.45, 7) is 7.39. The predicted molar refractivity (Wildman–Crippen MR) is 121 cm³/mol. The number of amides is 2. The van der Waals surface area contributed by atoms with E-state index in [1.165, 1.54) is 0 Å². The number of piperidine rings is 1. The van der Waals surface area contributed by atoms with Crippen molar-refractivity contribution in [3.8, 4) is 5.75 Å². The SMILES string of the molecule is CC(=O)N1CCC(C2CN(C(=O)c3cccc(C)c3)CC2COc2ccccc2)CC1. The third-order valence-corrected chi connectivity index (χ3v) is 6.84. The van der Waals surface area contributed by atoms with E-state index in [0.717, 1.165) is 55.9 Å². The number of nitrogens with zero attached hydrogens (tertiary/aromatic N) is 2. The minimum absolute atomic E-state index is 0.108. The molecule has 164 valence electrons. The molecule has 0 bridgehead atoms. The maximum Gasteiger partial charge on any atom is 0.253 e. The van der Waals surface area contributed by atoms with Crippen LogP contribution in [0, 0.1) is 24.7 Å². The number of carbonyl (C=O) groups is 2. The van der Waals surface area contributed by atoms with Crippen molar-refractivity contribution in [2.75, 3.05) is 32.8 Å². The van der Waals surface area contributed by atoms with E-state index in [9.17, 15) is 9.59 Å². The van der Waals surface area contributed by atoms with Gasteiger partial charge in [0.25, 0.3) is 5.91 Å². The number of aryl methyl sites for hydroxylation is 1. The molecule has 31 heavy (non-hydrogen) atoms. The van der Waals surface area contributed by atoms with E-state index >= 15 is 0 Å². The maximum absolute atomic E-state index is 13.2. The highest BCUT2D eigenvalue weighted by molar-refractivity contribution is 5.94. The topological polar surface area (TPSA) is 49.9 Å². The Morgan fingerprint density at radius 2 is 1.71 bits per heavy atom. The summed E-state index contributed by atoms with van der Waals surface area (Å²) in [5, 5.41) is 0. The summed E-state index contributed by atoms with van der Waals surface area (Å²) in [5.41, 5.74) is 1.86. The largest absolute Gasteiger partial charge is 0.493 e. The Bertz CT molecular complexity index is 906. The van der Waals surface area contributed by atoms with Crippen LogP contribution >= 0.6 is 0 Å². The summed E-state index contributed by atoms with van der Waals surface area (Å²) in [4.78, 5) is 28.9. The lowest BCUT2D eigenvalue weighted by molar-refractivity contribution is -0.130. The van der Waals surface area contributed by atoms with E-state index in [4.69, 9.17) is 4.74 Å². The molecular weight excluding hydrogens is 388 g/mol. The van der Waals surface area contributed by atoms with Gasteiger partial charge in [-0.15, -0.1) is 0 Å². The van der Waals surface area contributed by atoms with E-state index in [0.29, 0.717) is 24.4 Å². The van der Waals surface area contributed by atoms with Gasteiger partial charge in [0.05, 0.1) is 6.61 Å². The van der Waals surface area contributed by atoms with Gasteiger partial charge in [0, 0.05) is 44.6 Å². The van der Waals surface area contributed by atoms with Crippen LogP contribution in [0.3, 0.4) is 0 Å². The molecule has 0 radical (unpaired) electrons. The van der Waals surface area contributed by atoms with Crippen molar-refractivity contribution in [1.82, 2.24) is 9.80 Å². The first-order valence-corrected chi connectivity index (χ1v) is 11.3. The number of benzene rings is 2. The van der Waals surface area contributed by atoms with E-state index in [2.05, 4.69) is 0 Å². The molecule has 2 fully saturated rings. The molecule has 2 aromatic rings. The van der Waals surface area contributed by atoms with E-state index in [1.54, 1.807) is 6.92 Å². The molecular formula is C26H32N2O3. The lowest BCUT2D eigenvalue weighted by atomic mass is 9.78. The quantitative estimate of drug-likeness (QED) is 0.734. The highest BCUT2D eigenvalue weighted by Gasteiger charge is 2.41. The van der Waals surface area contributed by atoms with Crippen LogP contribution in [0.4, 0.5) is 0 Å². The van der Waals surface area contributed by atoms with Crippen molar-refractivity contribution in [3.05, 3.63) is 65.7 Å². The lowest BCUT2D eigenvalue weighted by Gasteiger charge is -2.36. The van der Waals surface area contributed by atoms with Crippen molar-refractivity contribution in [3.63, 3.8) is 0 Å². The van der Waals surface area contributed by atoms with Gasteiger partial charge in [-0.05, 0) is 55.9 Å². The third kappa shape index (κ3) is 5.09. The summed E-state index contributed by atoms with van der Waals surface area (Å²) in [6, 6.07) is 17.7. The molecule has 0 saturated carbocycles. The van der Waals surface area contributed by atoms with Crippen molar-refractivity contribution < 1.29 is 14.3 Å². The zero-order valence-electron chi connectivity index (χ0n) is 18.5. The Labute approximate surface area is 185 Å². The van der Waals surface area contributed by atoms with Gasteiger partial charge in [-0.1, -0.05) is 35.9 Å². The summed E-state index contributed by atoms with van der Waals surface area (Å²) < 4.78 is 6.12. The van der Waals surface area contributed by atoms with Gasteiger partial charge >= 0.3 is 0 Å². The Hall–Kier alpha value is -2.82. The number of carbonyl (C=O) groups excluding carboxylic acids is 2. The van der Waals surface area contributed by atoms with Crippen LogP contribution in [0.25, 0.3) is 0 Å². The Morgan fingerprint density at radius 3 is 2.39 bits per heavy atom. The first-order valence-electron chi connectivity index (χ1n) is 11.3. The van der Waals surface area contributed by atoms with Crippen molar-refractivity contribution >= 4 is 11.8 Å². The summed E-state index contributed by atoms with van der Waals surface area (Å²) in [5.74, 6) is 2.34. The van der Waals surface area contributed by atoms with E-state index in [-0.39, 0.29) is 11.8 Å². The number of hydrogen-bond acceptors (Lipinski definition) is 3. The molecule has 5 heteroatoms. The minimum atomic E-state index is 0.108. The van der Waals surface area contributed by atoms with Crippen molar-refractivity contribution in [2.45, 2.75) is 26.7 Å². The molecule has 2 atom stereocenters. The van der Waals surface area contributed by atoms with Crippen LogP contribution in [0.15, 0.2) is 54.6 Å². The van der Waals surface area contributed by atoms with Crippen LogP contribution in [0.5, 0.6) is 5.75 Å². The molecule has 4 rings (SSSR count). The fourth-order valence-electron chi connectivity index (χ4n) is 5.10.